The Balaban J connectivity index is 2.02. The predicted molar refractivity (Wildman–Crippen MR) is 104 cm³/mol. The normalized spacial score (nSPS) is 16.1. The number of carbonyl (C=O) groups excluding carboxylic acids is 2. The van der Waals surface area contributed by atoms with E-state index in [1.54, 1.807) is 24.3 Å². The summed E-state index contributed by atoms with van der Waals surface area (Å²) in [6, 6.07) is 9.21. The van der Waals surface area contributed by atoms with Gasteiger partial charge < -0.3 is 0 Å². The van der Waals surface area contributed by atoms with Crippen molar-refractivity contribution in [1.82, 2.24) is 0 Å². The maximum absolute atomic E-state index is 13.6. The molecule has 0 fully saturated rings. The molecule has 2 aromatic carbocycles. The lowest BCUT2D eigenvalue weighted by Gasteiger charge is -2.23. The molecule has 1 aliphatic rings. The number of amidine groups is 1. The molecule has 1 heterocycles. The van der Waals surface area contributed by atoms with Crippen molar-refractivity contribution < 1.29 is 18.4 Å². The molecule has 0 radical (unpaired) electrons. The fourth-order valence-corrected chi connectivity index (χ4v) is 3.76. The third-order valence-electron chi connectivity index (χ3n) is 4.19. The average Bonchev–Trinajstić information content (AvgIpc) is 3.10. The van der Waals surface area contributed by atoms with E-state index in [1.807, 2.05) is 6.92 Å². The molecule has 0 unspecified atom stereocenters. The third-order valence-corrected chi connectivity index (χ3v) is 5.53. The first-order valence-corrected chi connectivity index (χ1v) is 9.39. The number of benzene rings is 2. The van der Waals surface area contributed by atoms with Gasteiger partial charge in [0.2, 0.25) is 0 Å². The van der Waals surface area contributed by atoms with E-state index < -0.39 is 17.5 Å². The molecule has 0 N–H and O–H groups in total. The summed E-state index contributed by atoms with van der Waals surface area (Å²) in [5.74, 6) is -2.31. The predicted octanol–water partition coefficient (Wildman–Crippen LogP) is 4.70. The molecule has 2 aromatic rings. The summed E-state index contributed by atoms with van der Waals surface area (Å²) >= 11 is 1.46. The van der Waals surface area contributed by atoms with Crippen LogP contribution in [0.25, 0.3) is 0 Å². The number of amides is 1. The summed E-state index contributed by atoms with van der Waals surface area (Å²) in [6.07, 6.45) is 0.886. The first-order valence-electron chi connectivity index (χ1n) is 8.51. The second-order valence-corrected chi connectivity index (χ2v) is 7.44. The summed E-state index contributed by atoms with van der Waals surface area (Å²) in [7, 11) is 0. The number of carbonyl (C=O) groups is 2. The molecule has 1 amide bonds. The minimum Gasteiger partial charge on any atom is -0.295 e. The second-order valence-electron chi connectivity index (χ2n) is 6.17. The van der Waals surface area contributed by atoms with E-state index in [4.69, 9.17) is 0 Å². The van der Waals surface area contributed by atoms with Crippen molar-refractivity contribution in [3.05, 3.63) is 65.2 Å². The van der Waals surface area contributed by atoms with Crippen molar-refractivity contribution >= 4 is 34.3 Å². The molecular weight excluding hydrogens is 370 g/mol. The number of halogens is 2. The topological polar surface area (TPSA) is 49.7 Å². The van der Waals surface area contributed by atoms with Gasteiger partial charge in [0, 0.05) is 22.4 Å². The van der Waals surface area contributed by atoms with Gasteiger partial charge >= 0.3 is 0 Å². The van der Waals surface area contributed by atoms with Crippen molar-refractivity contribution in [3.63, 3.8) is 0 Å². The summed E-state index contributed by atoms with van der Waals surface area (Å²) in [6.45, 7) is 4.06. The van der Waals surface area contributed by atoms with Gasteiger partial charge in [-0.2, -0.15) is 0 Å². The smallest absolute Gasteiger partial charge is 0.264 e. The Bertz CT molecular complexity index is 892. The average molecular weight is 388 g/mol. The number of Topliss-reactive ketones (excluding diaryl/α,β-unsaturated/α-hetero) is 1. The fourth-order valence-electron chi connectivity index (χ4n) is 2.71. The van der Waals surface area contributed by atoms with E-state index in [0.717, 1.165) is 24.6 Å². The molecule has 140 valence electrons. The van der Waals surface area contributed by atoms with Crippen LogP contribution in [0, 0.1) is 11.6 Å². The minimum absolute atomic E-state index is 0.0924. The molecule has 27 heavy (non-hydrogen) atoms. The van der Waals surface area contributed by atoms with E-state index in [2.05, 4.69) is 4.99 Å². The van der Waals surface area contributed by atoms with Gasteiger partial charge in [-0.25, -0.2) is 8.78 Å². The van der Waals surface area contributed by atoms with Crippen molar-refractivity contribution in [2.45, 2.75) is 25.5 Å². The molecule has 0 bridgehead atoms. The lowest BCUT2D eigenvalue weighted by Crippen LogP contribution is -2.35. The van der Waals surface area contributed by atoms with Crippen LogP contribution in [0.3, 0.4) is 0 Å². The van der Waals surface area contributed by atoms with E-state index in [0.29, 0.717) is 23.0 Å². The van der Waals surface area contributed by atoms with Gasteiger partial charge in [-0.1, -0.05) is 18.7 Å². The van der Waals surface area contributed by atoms with Crippen LogP contribution in [-0.4, -0.2) is 28.7 Å². The van der Waals surface area contributed by atoms with Gasteiger partial charge in [0.1, 0.15) is 11.6 Å². The standard InChI is InChI=1S/C20H18F2N2O2S/c1-3-18-11-23-20(27-18)24(17-6-4-13(5-7-17)12(2)25)19(26)14-8-15(21)10-16(22)9-14/h4-10,18H,3,11H2,1-2H3/t18-/m1/s1. The van der Waals surface area contributed by atoms with E-state index in [-0.39, 0.29) is 16.6 Å². The van der Waals surface area contributed by atoms with Crippen LogP contribution in [0.5, 0.6) is 0 Å². The number of rotatable bonds is 4. The maximum Gasteiger partial charge on any atom is 0.264 e. The Morgan fingerprint density at radius 1 is 1.11 bits per heavy atom. The van der Waals surface area contributed by atoms with Gasteiger partial charge in [-0.15, -0.1) is 0 Å². The number of nitrogens with zero attached hydrogens (tertiary/aromatic N) is 2. The number of thioether (sulfide) groups is 1. The SMILES string of the molecule is CC[C@@H]1CN=C(N(C(=O)c2cc(F)cc(F)c2)c2ccc(C(C)=O)cc2)S1. The molecule has 0 saturated carbocycles. The van der Waals surface area contributed by atoms with Gasteiger partial charge in [0.15, 0.2) is 11.0 Å². The molecule has 0 saturated heterocycles. The number of hydrogen-bond acceptors (Lipinski definition) is 4. The molecule has 7 heteroatoms. The lowest BCUT2D eigenvalue weighted by atomic mass is 10.1. The minimum atomic E-state index is -0.822. The molecule has 0 spiro atoms. The maximum atomic E-state index is 13.6. The van der Waals surface area contributed by atoms with Crippen LogP contribution in [0.15, 0.2) is 47.5 Å². The molecule has 0 aliphatic carbocycles. The van der Waals surface area contributed by atoms with Crippen molar-refractivity contribution in [2.75, 3.05) is 11.4 Å². The van der Waals surface area contributed by atoms with Crippen LogP contribution in [0.1, 0.15) is 41.0 Å². The van der Waals surface area contributed by atoms with Gasteiger partial charge in [-0.05, 0) is 49.7 Å². The highest BCUT2D eigenvalue weighted by atomic mass is 32.2. The number of aliphatic imine (C=N–C) groups is 1. The lowest BCUT2D eigenvalue weighted by molar-refractivity contribution is 0.0999. The summed E-state index contributed by atoms with van der Waals surface area (Å²) < 4.78 is 27.2. The Hall–Kier alpha value is -2.54. The number of ketones is 1. The van der Waals surface area contributed by atoms with Crippen LogP contribution in [0.4, 0.5) is 14.5 Å². The number of hydrogen-bond donors (Lipinski definition) is 0. The van der Waals surface area contributed by atoms with E-state index >= 15 is 0 Å². The fraction of sp³-hybridized carbons (Fsp3) is 0.250. The summed E-state index contributed by atoms with van der Waals surface area (Å²) in [5, 5.41) is 0.725. The van der Waals surface area contributed by atoms with Crippen LogP contribution >= 0.6 is 11.8 Å². The largest absolute Gasteiger partial charge is 0.295 e. The Morgan fingerprint density at radius 2 is 1.74 bits per heavy atom. The molecule has 3 rings (SSSR count). The summed E-state index contributed by atoms with van der Waals surface area (Å²) in [5.41, 5.74) is 0.888. The van der Waals surface area contributed by atoms with Crippen LogP contribution < -0.4 is 4.90 Å². The van der Waals surface area contributed by atoms with Crippen LogP contribution in [0.2, 0.25) is 0 Å². The van der Waals surface area contributed by atoms with Crippen molar-refractivity contribution in [1.29, 1.82) is 0 Å². The van der Waals surface area contributed by atoms with Crippen LogP contribution in [-0.2, 0) is 0 Å². The molecule has 1 atom stereocenters. The van der Waals surface area contributed by atoms with Crippen molar-refractivity contribution in [3.8, 4) is 0 Å². The van der Waals surface area contributed by atoms with Gasteiger partial charge in [0.05, 0.1) is 12.2 Å². The van der Waals surface area contributed by atoms with Gasteiger partial charge in [0.25, 0.3) is 5.91 Å². The second kappa shape index (κ2) is 8.00. The zero-order valence-corrected chi connectivity index (χ0v) is 15.7. The molecule has 4 nitrogen and oxygen atoms in total. The molecule has 1 aliphatic heterocycles. The van der Waals surface area contributed by atoms with Gasteiger partial charge in [-0.3, -0.25) is 19.5 Å². The zero-order chi connectivity index (χ0) is 19.6. The Morgan fingerprint density at radius 3 is 2.26 bits per heavy atom. The first kappa shape index (κ1) is 19.2. The first-order chi connectivity index (χ1) is 12.9. The summed E-state index contributed by atoms with van der Waals surface area (Å²) in [4.78, 5) is 30.4. The quantitative estimate of drug-likeness (QED) is 0.714. The number of anilines is 1. The molecule has 0 aromatic heterocycles. The van der Waals surface area contributed by atoms with Crippen molar-refractivity contribution in [2.24, 2.45) is 4.99 Å². The Labute approximate surface area is 160 Å². The molecular formula is C20H18F2N2O2S. The third kappa shape index (κ3) is 4.24. The Kier molecular flexibility index (Phi) is 5.70. The zero-order valence-electron chi connectivity index (χ0n) is 14.9. The van der Waals surface area contributed by atoms with E-state index in [9.17, 15) is 18.4 Å². The highest BCUT2D eigenvalue weighted by Crippen LogP contribution is 2.30. The van der Waals surface area contributed by atoms with E-state index in [1.165, 1.54) is 23.6 Å². The monoisotopic (exact) mass is 388 g/mol. The highest BCUT2D eigenvalue weighted by Gasteiger charge is 2.29. The highest BCUT2D eigenvalue weighted by molar-refractivity contribution is 8.15.